The van der Waals surface area contributed by atoms with E-state index in [4.69, 9.17) is 5.73 Å². The highest BCUT2D eigenvalue weighted by molar-refractivity contribution is 5.93. The Morgan fingerprint density at radius 2 is 2.04 bits per heavy atom. The molecule has 7 nitrogen and oxygen atoms in total. The number of nitrogens with one attached hydrogen (secondary N) is 1. The largest absolute Gasteiger partial charge is 0.370 e. The van der Waals surface area contributed by atoms with Crippen molar-refractivity contribution >= 4 is 17.6 Å². The molecular formula is C18H21N5O2. The van der Waals surface area contributed by atoms with E-state index in [9.17, 15) is 9.59 Å². The van der Waals surface area contributed by atoms with E-state index in [1.165, 1.54) is 0 Å². The minimum Gasteiger partial charge on any atom is -0.370 e. The van der Waals surface area contributed by atoms with Crippen LogP contribution in [0.1, 0.15) is 29.6 Å². The molecule has 1 aliphatic rings. The maximum atomic E-state index is 11.6. The first-order valence-corrected chi connectivity index (χ1v) is 8.38. The third-order valence-corrected chi connectivity index (χ3v) is 4.17. The first-order valence-electron chi connectivity index (χ1n) is 8.38. The van der Waals surface area contributed by atoms with E-state index in [1.807, 2.05) is 11.0 Å². The van der Waals surface area contributed by atoms with Gasteiger partial charge in [-0.3, -0.25) is 9.59 Å². The number of aromatic nitrogens is 2. The second-order valence-corrected chi connectivity index (χ2v) is 5.97. The molecule has 2 amide bonds. The summed E-state index contributed by atoms with van der Waals surface area (Å²) in [7, 11) is 0. The Labute approximate surface area is 146 Å². The standard InChI is InChI=1S/C18H21N5O2/c19-17(25)13-4-6-14(7-5-13)18-21-10-8-15(22-18)20-9-2-12-23-11-1-3-16(23)24/h4-8,10H,1-3,9,11-12H2,(H2,19,25)(H,20,21,22). The topological polar surface area (TPSA) is 101 Å². The molecule has 2 aromatic rings. The molecule has 3 N–H and O–H groups in total. The summed E-state index contributed by atoms with van der Waals surface area (Å²) in [4.78, 5) is 33.3. The third kappa shape index (κ3) is 4.32. The number of hydrogen-bond donors (Lipinski definition) is 2. The van der Waals surface area contributed by atoms with Crippen LogP contribution in [0.2, 0.25) is 0 Å². The van der Waals surface area contributed by atoms with Gasteiger partial charge >= 0.3 is 0 Å². The van der Waals surface area contributed by atoms with Crippen molar-refractivity contribution in [3.63, 3.8) is 0 Å². The third-order valence-electron chi connectivity index (χ3n) is 4.17. The van der Waals surface area contributed by atoms with Crippen LogP contribution in [-0.2, 0) is 4.79 Å². The summed E-state index contributed by atoms with van der Waals surface area (Å²) < 4.78 is 0. The van der Waals surface area contributed by atoms with E-state index in [0.29, 0.717) is 17.8 Å². The maximum Gasteiger partial charge on any atom is 0.248 e. The van der Waals surface area contributed by atoms with E-state index in [2.05, 4.69) is 15.3 Å². The van der Waals surface area contributed by atoms with Crippen LogP contribution in [0.15, 0.2) is 36.5 Å². The molecule has 1 saturated heterocycles. The van der Waals surface area contributed by atoms with E-state index in [-0.39, 0.29) is 5.91 Å². The molecule has 0 bridgehead atoms. The van der Waals surface area contributed by atoms with Gasteiger partial charge in [-0.25, -0.2) is 9.97 Å². The van der Waals surface area contributed by atoms with Crippen molar-refractivity contribution in [2.75, 3.05) is 25.0 Å². The molecule has 3 rings (SSSR count). The van der Waals surface area contributed by atoms with Crippen molar-refractivity contribution in [1.29, 1.82) is 0 Å². The molecule has 1 fully saturated rings. The Kier molecular flexibility index (Phi) is 5.23. The summed E-state index contributed by atoms with van der Waals surface area (Å²) in [6.45, 7) is 2.39. The minimum absolute atomic E-state index is 0.253. The first-order chi connectivity index (χ1) is 12.1. The Balaban J connectivity index is 1.55. The van der Waals surface area contributed by atoms with Gasteiger partial charge in [-0.05, 0) is 31.0 Å². The molecule has 2 heterocycles. The first kappa shape index (κ1) is 16.9. The molecule has 0 aliphatic carbocycles. The van der Waals surface area contributed by atoms with Gasteiger partial charge in [-0.15, -0.1) is 0 Å². The molecule has 0 radical (unpaired) electrons. The second kappa shape index (κ2) is 7.74. The Morgan fingerprint density at radius 1 is 1.24 bits per heavy atom. The number of primary amides is 1. The number of benzene rings is 1. The monoisotopic (exact) mass is 339 g/mol. The highest BCUT2D eigenvalue weighted by Crippen LogP contribution is 2.17. The molecule has 1 aliphatic heterocycles. The quantitative estimate of drug-likeness (QED) is 0.747. The molecule has 130 valence electrons. The van der Waals surface area contributed by atoms with Crippen molar-refractivity contribution in [2.24, 2.45) is 5.73 Å². The summed E-state index contributed by atoms with van der Waals surface area (Å²) in [5.41, 5.74) is 6.51. The minimum atomic E-state index is -0.459. The predicted molar refractivity (Wildman–Crippen MR) is 94.9 cm³/mol. The summed E-state index contributed by atoms with van der Waals surface area (Å²) >= 11 is 0. The maximum absolute atomic E-state index is 11.6. The van der Waals surface area contributed by atoms with Crippen molar-refractivity contribution in [1.82, 2.24) is 14.9 Å². The fourth-order valence-corrected chi connectivity index (χ4v) is 2.81. The molecule has 7 heteroatoms. The Hall–Kier alpha value is -2.96. The highest BCUT2D eigenvalue weighted by Gasteiger charge is 2.18. The molecule has 0 saturated carbocycles. The molecule has 25 heavy (non-hydrogen) atoms. The van der Waals surface area contributed by atoms with Crippen molar-refractivity contribution in [2.45, 2.75) is 19.3 Å². The average Bonchev–Trinajstić information content (AvgIpc) is 3.04. The van der Waals surface area contributed by atoms with Gasteiger partial charge in [0.25, 0.3) is 0 Å². The molecule has 0 unspecified atom stereocenters. The Morgan fingerprint density at radius 3 is 2.72 bits per heavy atom. The number of likely N-dealkylation sites (tertiary alicyclic amines) is 1. The number of carbonyl (C=O) groups excluding carboxylic acids is 2. The molecule has 1 aromatic heterocycles. The van der Waals surface area contributed by atoms with Gasteiger partial charge in [0.2, 0.25) is 11.8 Å². The van der Waals surface area contributed by atoms with Crippen LogP contribution in [-0.4, -0.2) is 46.3 Å². The lowest BCUT2D eigenvalue weighted by Gasteiger charge is -2.15. The summed E-state index contributed by atoms with van der Waals surface area (Å²) in [5.74, 6) is 1.11. The SMILES string of the molecule is NC(=O)c1ccc(-c2nccc(NCCCN3CCCC3=O)n2)cc1. The van der Waals surface area contributed by atoms with Crippen molar-refractivity contribution in [3.8, 4) is 11.4 Å². The molecule has 0 atom stereocenters. The van der Waals surface area contributed by atoms with E-state index >= 15 is 0 Å². The summed E-state index contributed by atoms with van der Waals surface area (Å²) in [5, 5.41) is 3.26. The van der Waals surface area contributed by atoms with Gasteiger partial charge in [-0.1, -0.05) is 12.1 Å². The zero-order chi connectivity index (χ0) is 17.6. The molecular weight excluding hydrogens is 318 g/mol. The number of rotatable bonds is 7. The number of nitrogens with two attached hydrogens (primary N) is 1. The number of hydrogen-bond acceptors (Lipinski definition) is 5. The van der Waals surface area contributed by atoms with Crippen LogP contribution < -0.4 is 11.1 Å². The van der Waals surface area contributed by atoms with Crippen molar-refractivity contribution in [3.05, 3.63) is 42.1 Å². The van der Waals surface area contributed by atoms with Crippen LogP contribution in [0, 0.1) is 0 Å². The lowest BCUT2D eigenvalue weighted by Crippen LogP contribution is -2.27. The fraction of sp³-hybridized carbons (Fsp3) is 0.333. The highest BCUT2D eigenvalue weighted by atomic mass is 16.2. The van der Waals surface area contributed by atoms with Gasteiger partial charge in [0.1, 0.15) is 5.82 Å². The average molecular weight is 339 g/mol. The number of amides is 2. The van der Waals surface area contributed by atoms with E-state index in [1.54, 1.807) is 30.5 Å². The van der Waals surface area contributed by atoms with Crippen LogP contribution in [0.3, 0.4) is 0 Å². The summed E-state index contributed by atoms with van der Waals surface area (Å²) in [6.07, 6.45) is 4.21. The lowest BCUT2D eigenvalue weighted by molar-refractivity contribution is -0.127. The van der Waals surface area contributed by atoms with Crippen molar-refractivity contribution < 1.29 is 9.59 Å². The number of anilines is 1. The van der Waals surface area contributed by atoms with Gasteiger partial charge in [0, 0.05) is 43.4 Å². The molecule has 1 aromatic carbocycles. The number of nitrogens with zero attached hydrogens (tertiary/aromatic N) is 3. The van der Waals surface area contributed by atoms with Crippen LogP contribution in [0.5, 0.6) is 0 Å². The second-order valence-electron chi connectivity index (χ2n) is 5.97. The smallest absolute Gasteiger partial charge is 0.248 e. The van der Waals surface area contributed by atoms with Gasteiger partial charge in [0.15, 0.2) is 5.82 Å². The van der Waals surface area contributed by atoms with Crippen LogP contribution in [0.4, 0.5) is 5.82 Å². The van der Waals surface area contributed by atoms with Gasteiger partial charge in [-0.2, -0.15) is 0 Å². The zero-order valence-electron chi connectivity index (χ0n) is 13.9. The number of carbonyl (C=O) groups is 2. The zero-order valence-corrected chi connectivity index (χ0v) is 13.9. The van der Waals surface area contributed by atoms with E-state index in [0.717, 1.165) is 43.9 Å². The Bertz CT molecular complexity index is 760. The van der Waals surface area contributed by atoms with Gasteiger partial charge < -0.3 is 16.0 Å². The predicted octanol–water partition coefficient (Wildman–Crippen LogP) is 1.67. The fourth-order valence-electron chi connectivity index (χ4n) is 2.81. The molecule has 0 spiro atoms. The van der Waals surface area contributed by atoms with Crippen LogP contribution >= 0.6 is 0 Å². The lowest BCUT2D eigenvalue weighted by atomic mass is 10.1. The summed E-state index contributed by atoms with van der Waals surface area (Å²) in [6, 6.07) is 8.68. The normalized spacial score (nSPS) is 13.9. The van der Waals surface area contributed by atoms with Gasteiger partial charge in [0.05, 0.1) is 0 Å². The van der Waals surface area contributed by atoms with Crippen LogP contribution in [0.25, 0.3) is 11.4 Å². The van der Waals surface area contributed by atoms with E-state index < -0.39 is 5.91 Å².